The fourth-order valence-electron chi connectivity index (χ4n) is 1.86. The summed E-state index contributed by atoms with van der Waals surface area (Å²) in [5.74, 6) is -0.932. The van der Waals surface area contributed by atoms with Crippen LogP contribution < -0.4 is 0 Å². The summed E-state index contributed by atoms with van der Waals surface area (Å²) in [5.41, 5.74) is -1.06. The van der Waals surface area contributed by atoms with Gasteiger partial charge in [-0.25, -0.2) is 0 Å². The average molecular weight is 202 g/mol. The zero-order valence-corrected chi connectivity index (χ0v) is 8.53. The van der Waals surface area contributed by atoms with Crippen molar-refractivity contribution in [2.24, 2.45) is 5.41 Å². The summed E-state index contributed by atoms with van der Waals surface area (Å²) in [6.07, 6.45) is 1.91. The maximum Gasteiger partial charge on any atom is 0.314 e. The molecule has 14 heavy (non-hydrogen) atoms. The molecular weight excluding hydrogens is 184 g/mol. The number of ether oxygens (including phenoxy) is 1. The first kappa shape index (κ1) is 11.5. The Morgan fingerprint density at radius 1 is 1.64 bits per heavy atom. The molecule has 0 aromatic heterocycles. The highest BCUT2D eigenvalue weighted by atomic mass is 16.5. The van der Waals surface area contributed by atoms with E-state index in [2.05, 4.69) is 0 Å². The highest BCUT2D eigenvalue weighted by Gasteiger charge is 2.46. The molecular formula is C10H18O4. The number of aliphatic hydroxyl groups is 1. The van der Waals surface area contributed by atoms with Crippen LogP contribution in [0.2, 0.25) is 0 Å². The van der Waals surface area contributed by atoms with Crippen molar-refractivity contribution in [3.05, 3.63) is 0 Å². The van der Waals surface area contributed by atoms with E-state index in [-0.39, 0.29) is 6.61 Å². The molecule has 2 unspecified atom stereocenters. The molecule has 0 radical (unpaired) electrons. The highest BCUT2D eigenvalue weighted by molar-refractivity contribution is 5.75. The van der Waals surface area contributed by atoms with E-state index in [1.165, 1.54) is 0 Å². The number of rotatable bonds is 4. The number of unbranched alkanes of at least 4 members (excludes halogenated alkanes) is 1. The molecule has 82 valence electrons. The van der Waals surface area contributed by atoms with Gasteiger partial charge in [-0.2, -0.15) is 0 Å². The van der Waals surface area contributed by atoms with Crippen LogP contribution in [0, 0.1) is 5.41 Å². The van der Waals surface area contributed by atoms with E-state index >= 15 is 0 Å². The molecule has 1 rings (SSSR count). The van der Waals surface area contributed by atoms with E-state index in [4.69, 9.17) is 9.84 Å². The predicted molar refractivity (Wildman–Crippen MR) is 51.0 cm³/mol. The Morgan fingerprint density at radius 3 is 2.86 bits per heavy atom. The molecule has 0 spiro atoms. The van der Waals surface area contributed by atoms with Crippen LogP contribution in [0.5, 0.6) is 0 Å². The molecule has 2 atom stereocenters. The van der Waals surface area contributed by atoms with Crippen LogP contribution in [0.25, 0.3) is 0 Å². The molecule has 0 aliphatic carbocycles. The molecule has 4 heteroatoms. The Hall–Kier alpha value is -0.610. The third-order valence-corrected chi connectivity index (χ3v) is 2.94. The van der Waals surface area contributed by atoms with Crippen molar-refractivity contribution in [3.8, 4) is 0 Å². The van der Waals surface area contributed by atoms with E-state index in [0.29, 0.717) is 19.4 Å². The predicted octanol–water partition coefficient (Wildman–Crippen LogP) is 1.03. The number of carboxylic acid groups (broad SMARTS) is 1. The molecule has 0 aromatic carbocycles. The first-order valence-corrected chi connectivity index (χ1v) is 5.12. The lowest BCUT2D eigenvalue weighted by molar-refractivity contribution is -0.173. The molecule has 1 aliphatic heterocycles. The van der Waals surface area contributed by atoms with E-state index in [9.17, 15) is 9.90 Å². The lowest BCUT2D eigenvalue weighted by atomic mass is 9.76. The molecule has 0 saturated carbocycles. The zero-order valence-electron chi connectivity index (χ0n) is 8.53. The second kappa shape index (κ2) is 4.75. The number of aliphatic hydroxyl groups excluding tert-OH is 1. The van der Waals surface area contributed by atoms with Gasteiger partial charge in [-0.05, 0) is 12.8 Å². The summed E-state index contributed by atoms with van der Waals surface area (Å²) in [7, 11) is 0. The summed E-state index contributed by atoms with van der Waals surface area (Å²) >= 11 is 0. The summed E-state index contributed by atoms with van der Waals surface area (Å²) < 4.78 is 5.17. The molecule has 0 amide bonds. The third-order valence-electron chi connectivity index (χ3n) is 2.94. The minimum atomic E-state index is -1.06. The zero-order chi connectivity index (χ0) is 10.6. The average Bonchev–Trinajstić information content (AvgIpc) is 2.16. The summed E-state index contributed by atoms with van der Waals surface area (Å²) in [6.45, 7) is 2.61. The van der Waals surface area contributed by atoms with E-state index < -0.39 is 17.5 Å². The summed E-state index contributed by atoms with van der Waals surface area (Å²) in [4.78, 5) is 11.2. The van der Waals surface area contributed by atoms with Gasteiger partial charge in [0.2, 0.25) is 0 Å². The van der Waals surface area contributed by atoms with Gasteiger partial charge in [-0.3, -0.25) is 4.79 Å². The lowest BCUT2D eigenvalue weighted by Crippen LogP contribution is -2.49. The molecule has 1 heterocycles. The van der Waals surface area contributed by atoms with Crippen LogP contribution in [0.3, 0.4) is 0 Å². The monoisotopic (exact) mass is 202 g/mol. The van der Waals surface area contributed by atoms with Gasteiger partial charge < -0.3 is 14.9 Å². The second-order valence-electron chi connectivity index (χ2n) is 3.92. The normalized spacial score (nSPS) is 32.9. The van der Waals surface area contributed by atoms with E-state index in [1.807, 2.05) is 6.92 Å². The van der Waals surface area contributed by atoms with Crippen molar-refractivity contribution >= 4 is 5.97 Å². The molecule has 1 aliphatic rings. The van der Waals surface area contributed by atoms with E-state index in [0.717, 1.165) is 12.8 Å². The number of carbonyl (C=O) groups is 1. The van der Waals surface area contributed by atoms with Crippen molar-refractivity contribution in [1.82, 2.24) is 0 Å². The minimum absolute atomic E-state index is 0.142. The Bertz CT molecular complexity index is 204. The standard InChI is InChI=1S/C10H18O4/c1-2-3-5-10(9(12)13)7-14-6-4-8(10)11/h8,11H,2-7H2,1H3,(H,12,13). The number of carboxylic acids is 1. The smallest absolute Gasteiger partial charge is 0.314 e. The van der Waals surface area contributed by atoms with Gasteiger partial charge in [0.1, 0.15) is 5.41 Å². The Kier molecular flexibility index (Phi) is 3.89. The van der Waals surface area contributed by atoms with Crippen LogP contribution in [0.1, 0.15) is 32.6 Å². The molecule has 0 aromatic rings. The van der Waals surface area contributed by atoms with Gasteiger partial charge in [0.05, 0.1) is 12.7 Å². The van der Waals surface area contributed by atoms with E-state index in [1.54, 1.807) is 0 Å². The minimum Gasteiger partial charge on any atom is -0.481 e. The van der Waals surface area contributed by atoms with Crippen molar-refractivity contribution in [3.63, 3.8) is 0 Å². The van der Waals surface area contributed by atoms with Gasteiger partial charge in [0.25, 0.3) is 0 Å². The summed E-state index contributed by atoms with van der Waals surface area (Å²) in [6, 6.07) is 0. The molecule has 0 bridgehead atoms. The maximum atomic E-state index is 11.2. The molecule has 1 saturated heterocycles. The number of hydrogen-bond acceptors (Lipinski definition) is 3. The van der Waals surface area contributed by atoms with Crippen molar-refractivity contribution in [1.29, 1.82) is 0 Å². The molecule has 1 fully saturated rings. The van der Waals surface area contributed by atoms with Crippen molar-refractivity contribution in [2.45, 2.75) is 38.7 Å². The second-order valence-corrected chi connectivity index (χ2v) is 3.92. The number of aliphatic carboxylic acids is 1. The van der Waals surface area contributed by atoms with Gasteiger partial charge in [-0.15, -0.1) is 0 Å². The fourth-order valence-corrected chi connectivity index (χ4v) is 1.86. The van der Waals surface area contributed by atoms with Crippen molar-refractivity contribution in [2.75, 3.05) is 13.2 Å². The van der Waals surface area contributed by atoms with Crippen molar-refractivity contribution < 1.29 is 19.7 Å². The SMILES string of the molecule is CCCCC1(C(=O)O)COCCC1O. The first-order chi connectivity index (χ1) is 6.63. The first-order valence-electron chi connectivity index (χ1n) is 5.12. The largest absolute Gasteiger partial charge is 0.481 e. The van der Waals surface area contributed by atoms with Gasteiger partial charge in [0.15, 0.2) is 0 Å². The maximum absolute atomic E-state index is 11.2. The van der Waals surface area contributed by atoms with Crippen LogP contribution in [-0.4, -0.2) is 35.5 Å². The lowest BCUT2D eigenvalue weighted by Gasteiger charge is -2.37. The van der Waals surface area contributed by atoms with Crippen LogP contribution >= 0.6 is 0 Å². The van der Waals surface area contributed by atoms with Crippen LogP contribution in [0.4, 0.5) is 0 Å². The molecule has 2 N–H and O–H groups in total. The Morgan fingerprint density at radius 2 is 2.36 bits per heavy atom. The van der Waals surface area contributed by atoms with Crippen LogP contribution in [-0.2, 0) is 9.53 Å². The topological polar surface area (TPSA) is 66.8 Å². The molecule has 4 nitrogen and oxygen atoms in total. The van der Waals surface area contributed by atoms with Gasteiger partial charge in [-0.1, -0.05) is 19.8 Å². The quantitative estimate of drug-likeness (QED) is 0.714. The Labute approximate surface area is 83.9 Å². The van der Waals surface area contributed by atoms with Gasteiger partial charge in [0, 0.05) is 6.61 Å². The highest BCUT2D eigenvalue weighted by Crippen LogP contribution is 2.34. The fraction of sp³-hybridized carbons (Fsp3) is 0.900. The number of hydrogen-bond donors (Lipinski definition) is 2. The third kappa shape index (κ3) is 2.07. The Balaban J connectivity index is 2.72. The van der Waals surface area contributed by atoms with Gasteiger partial charge >= 0.3 is 5.97 Å². The van der Waals surface area contributed by atoms with Crippen LogP contribution in [0.15, 0.2) is 0 Å². The summed E-state index contributed by atoms with van der Waals surface area (Å²) in [5, 5.41) is 18.9.